The molecule has 2 N–H and O–H groups in total. The minimum Gasteiger partial charge on any atom is -0.329 e. The van der Waals surface area contributed by atoms with Crippen LogP contribution >= 0.6 is 28.3 Å². The highest BCUT2D eigenvalue weighted by Crippen LogP contribution is 2.17. The molecule has 0 aliphatic rings. The van der Waals surface area contributed by atoms with Gasteiger partial charge < -0.3 is 5.73 Å². The van der Waals surface area contributed by atoms with Crippen molar-refractivity contribution in [2.24, 2.45) is 12.8 Å². The smallest absolute Gasteiger partial charge is 0.0663 e. The summed E-state index contributed by atoms with van der Waals surface area (Å²) >= 11 is 3.55. The lowest BCUT2D eigenvalue weighted by Gasteiger charge is -2.22. The summed E-state index contributed by atoms with van der Waals surface area (Å²) < 4.78 is 2.97. The highest BCUT2D eigenvalue weighted by molar-refractivity contribution is 9.10. The molecule has 0 aliphatic heterocycles. The number of aromatic nitrogens is 2. The standard InChI is InChI=1S/C15H21BrN4.ClH/c1-19-15(14(16)11-18-19)12-20(10-8-17)9-7-13-5-3-2-4-6-13;/h2-6,11H,7-10,12,17H2,1H3;1H. The highest BCUT2D eigenvalue weighted by atomic mass is 79.9. The molecule has 1 aromatic heterocycles. The summed E-state index contributed by atoms with van der Waals surface area (Å²) in [5.41, 5.74) is 8.27. The summed E-state index contributed by atoms with van der Waals surface area (Å²) in [6.45, 7) is 3.43. The van der Waals surface area contributed by atoms with Gasteiger partial charge in [0.15, 0.2) is 0 Å². The Bertz CT molecular complexity index is 510. The molecule has 0 atom stereocenters. The fourth-order valence-corrected chi connectivity index (χ4v) is 2.68. The van der Waals surface area contributed by atoms with Crippen molar-refractivity contribution in [2.45, 2.75) is 13.0 Å². The molecule has 1 heterocycles. The van der Waals surface area contributed by atoms with E-state index in [1.54, 1.807) is 0 Å². The first-order chi connectivity index (χ1) is 9.70. The van der Waals surface area contributed by atoms with E-state index in [0.29, 0.717) is 6.54 Å². The van der Waals surface area contributed by atoms with Crippen molar-refractivity contribution in [3.63, 3.8) is 0 Å². The summed E-state index contributed by atoms with van der Waals surface area (Å²) in [6, 6.07) is 10.6. The topological polar surface area (TPSA) is 47.1 Å². The molecule has 0 unspecified atom stereocenters. The molecular weight excluding hydrogens is 352 g/mol. The maximum Gasteiger partial charge on any atom is 0.0663 e. The van der Waals surface area contributed by atoms with Crippen LogP contribution in [0.5, 0.6) is 0 Å². The van der Waals surface area contributed by atoms with Crippen molar-refractivity contribution >= 4 is 28.3 Å². The van der Waals surface area contributed by atoms with Crippen LogP contribution in [0.3, 0.4) is 0 Å². The Morgan fingerprint density at radius 1 is 1.24 bits per heavy atom. The molecule has 0 spiro atoms. The summed E-state index contributed by atoms with van der Waals surface area (Å²) in [5.74, 6) is 0. The molecular formula is C15H22BrClN4. The SMILES string of the molecule is Cl.Cn1ncc(Br)c1CN(CCN)CCc1ccccc1. The Hall–Kier alpha value is -0.880. The van der Waals surface area contributed by atoms with Crippen molar-refractivity contribution in [1.82, 2.24) is 14.7 Å². The van der Waals surface area contributed by atoms with Gasteiger partial charge in [0.1, 0.15) is 0 Å². The van der Waals surface area contributed by atoms with Crippen LogP contribution in [-0.2, 0) is 20.0 Å². The molecule has 4 nitrogen and oxygen atoms in total. The normalized spacial score (nSPS) is 10.7. The van der Waals surface area contributed by atoms with Crippen molar-refractivity contribution in [3.05, 3.63) is 52.3 Å². The fraction of sp³-hybridized carbons (Fsp3) is 0.400. The third-order valence-electron chi connectivity index (χ3n) is 3.39. The Labute approximate surface area is 140 Å². The van der Waals surface area contributed by atoms with Gasteiger partial charge in [0.25, 0.3) is 0 Å². The molecule has 1 aromatic carbocycles. The minimum absolute atomic E-state index is 0. The van der Waals surface area contributed by atoms with Gasteiger partial charge in [-0.2, -0.15) is 5.10 Å². The van der Waals surface area contributed by atoms with Crippen LogP contribution in [0.2, 0.25) is 0 Å². The van der Waals surface area contributed by atoms with Crippen LogP contribution in [0, 0.1) is 0 Å². The molecule has 2 rings (SSSR count). The Morgan fingerprint density at radius 2 is 1.95 bits per heavy atom. The van der Waals surface area contributed by atoms with Gasteiger partial charge in [-0.1, -0.05) is 30.3 Å². The van der Waals surface area contributed by atoms with Crippen LogP contribution in [0.1, 0.15) is 11.3 Å². The van der Waals surface area contributed by atoms with Gasteiger partial charge in [-0.3, -0.25) is 9.58 Å². The van der Waals surface area contributed by atoms with Gasteiger partial charge in [-0.15, -0.1) is 12.4 Å². The van der Waals surface area contributed by atoms with E-state index in [1.165, 1.54) is 11.3 Å². The maximum atomic E-state index is 5.73. The first-order valence-corrected chi connectivity index (χ1v) is 7.62. The van der Waals surface area contributed by atoms with Crippen molar-refractivity contribution in [2.75, 3.05) is 19.6 Å². The fourth-order valence-electron chi connectivity index (χ4n) is 2.21. The third kappa shape index (κ3) is 5.43. The predicted molar refractivity (Wildman–Crippen MR) is 92.6 cm³/mol. The number of aryl methyl sites for hydroxylation is 1. The molecule has 21 heavy (non-hydrogen) atoms. The van der Waals surface area contributed by atoms with Crippen molar-refractivity contribution < 1.29 is 0 Å². The van der Waals surface area contributed by atoms with E-state index in [9.17, 15) is 0 Å². The van der Waals surface area contributed by atoms with E-state index < -0.39 is 0 Å². The minimum atomic E-state index is 0. The lowest BCUT2D eigenvalue weighted by atomic mass is 10.1. The maximum absolute atomic E-state index is 5.73. The average Bonchev–Trinajstić information content (AvgIpc) is 2.78. The van der Waals surface area contributed by atoms with Crippen molar-refractivity contribution in [3.8, 4) is 0 Å². The average molecular weight is 374 g/mol. The second-order valence-electron chi connectivity index (χ2n) is 4.86. The second-order valence-corrected chi connectivity index (χ2v) is 5.72. The summed E-state index contributed by atoms with van der Waals surface area (Å²) in [7, 11) is 1.97. The first-order valence-electron chi connectivity index (χ1n) is 6.83. The van der Waals surface area contributed by atoms with Gasteiger partial charge in [-0.25, -0.2) is 0 Å². The predicted octanol–water partition coefficient (Wildman–Crippen LogP) is 2.61. The van der Waals surface area contributed by atoms with Gasteiger partial charge in [0, 0.05) is 33.2 Å². The van der Waals surface area contributed by atoms with Crippen LogP contribution in [0.25, 0.3) is 0 Å². The highest BCUT2D eigenvalue weighted by Gasteiger charge is 2.11. The summed E-state index contributed by atoms with van der Waals surface area (Å²) in [6.07, 6.45) is 2.88. The second kappa shape index (κ2) is 9.20. The van der Waals surface area contributed by atoms with Crippen LogP contribution in [0.15, 0.2) is 41.0 Å². The van der Waals surface area contributed by atoms with Gasteiger partial charge >= 0.3 is 0 Å². The number of hydrogen-bond donors (Lipinski definition) is 1. The van der Waals surface area contributed by atoms with E-state index >= 15 is 0 Å². The van der Waals surface area contributed by atoms with E-state index in [0.717, 1.165) is 30.5 Å². The lowest BCUT2D eigenvalue weighted by Crippen LogP contribution is -2.31. The number of benzene rings is 1. The zero-order valence-corrected chi connectivity index (χ0v) is 14.6. The Morgan fingerprint density at radius 3 is 2.52 bits per heavy atom. The lowest BCUT2D eigenvalue weighted by molar-refractivity contribution is 0.268. The summed E-state index contributed by atoms with van der Waals surface area (Å²) in [4.78, 5) is 2.37. The largest absolute Gasteiger partial charge is 0.329 e. The molecule has 0 aliphatic carbocycles. The van der Waals surface area contributed by atoms with Gasteiger partial charge in [-0.05, 0) is 27.9 Å². The van der Waals surface area contributed by atoms with Crippen LogP contribution < -0.4 is 5.73 Å². The molecule has 2 aromatic rings. The number of halogens is 2. The number of rotatable bonds is 7. The number of nitrogens with two attached hydrogens (primary N) is 1. The van der Waals surface area contributed by atoms with E-state index in [4.69, 9.17) is 5.73 Å². The molecule has 116 valence electrons. The molecule has 0 saturated carbocycles. The molecule has 0 radical (unpaired) electrons. The molecule has 0 saturated heterocycles. The van der Waals surface area contributed by atoms with E-state index in [1.807, 2.05) is 24.0 Å². The van der Waals surface area contributed by atoms with Crippen molar-refractivity contribution in [1.29, 1.82) is 0 Å². The van der Waals surface area contributed by atoms with Gasteiger partial charge in [0.05, 0.1) is 16.4 Å². The van der Waals surface area contributed by atoms with Crippen LogP contribution in [-0.4, -0.2) is 34.3 Å². The monoisotopic (exact) mass is 372 g/mol. The quantitative estimate of drug-likeness (QED) is 0.811. The van der Waals surface area contributed by atoms with E-state index in [2.05, 4.69) is 50.2 Å². The Balaban J connectivity index is 0.00000220. The first kappa shape index (κ1) is 18.2. The molecule has 6 heteroatoms. The van der Waals surface area contributed by atoms with Gasteiger partial charge in [0.2, 0.25) is 0 Å². The summed E-state index contributed by atoms with van der Waals surface area (Å²) in [5, 5.41) is 4.26. The number of nitrogens with zero attached hydrogens (tertiary/aromatic N) is 3. The Kier molecular flexibility index (Phi) is 7.96. The zero-order chi connectivity index (χ0) is 14.4. The number of hydrogen-bond acceptors (Lipinski definition) is 3. The zero-order valence-electron chi connectivity index (χ0n) is 12.2. The molecule has 0 fully saturated rings. The van der Waals surface area contributed by atoms with Crippen LogP contribution in [0.4, 0.5) is 0 Å². The third-order valence-corrected chi connectivity index (χ3v) is 4.05. The molecule has 0 amide bonds. The molecule has 0 bridgehead atoms. The van der Waals surface area contributed by atoms with E-state index in [-0.39, 0.29) is 12.4 Å².